The topological polar surface area (TPSA) is 42.4 Å². The minimum Gasteiger partial charge on any atom is -0.457 e. The van der Waals surface area contributed by atoms with E-state index in [0.717, 1.165) is 48.4 Å². The molecule has 1 saturated carbocycles. The number of ether oxygens (including phenoxy) is 1. The Morgan fingerprint density at radius 3 is 2.21 bits per heavy atom. The van der Waals surface area contributed by atoms with E-state index in [1.54, 1.807) is 12.4 Å². The van der Waals surface area contributed by atoms with Crippen molar-refractivity contribution in [2.75, 3.05) is 4.90 Å². The summed E-state index contributed by atoms with van der Waals surface area (Å²) in [7, 11) is 0. The van der Waals surface area contributed by atoms with Crippen LogP contribution in [0.5, 0.6) is 11.5 Å². The van der Waals surface area contributed by atoms with E-state index >= 15 is 0 Å². The molecule has 0 N–H and O–H groups in total. The van der Waals surface area contributed by atoms with Crippen LogP contribution in [0, 0.1) is 5.92 Å². The van der Waals surface area contributed by atoms with Crippen molar-refractivity contribution >= 4 is 11.6 Å². The van der Waals surface area contributed by atoms with Crippen LogP contribution in [0.2, 0.25) is 0 Å². The molecule has 0 atom stereocenters. The molecule has 1 fully saturated rings. The highest BCUT2D eigenvalue weighted by Crippen LogP contribution is 2.31. The molecule has 1 heterocycles. The molecule has 1 aromatic heterocycles. The largest absolute Gasteiger partial charge is 0.457 e. The summed E-state index contributed by atoms with van der Waals surface area (Å²) in [5.74, 6) is 1.89. The first kappa shape index (κ1) is 18.2. The van der Waals surface area contributed by atoms with Crippen LogP contribution in [0.15, 0.2) is 79.1 Å². The molecule has 1 aliphatic rings. The zero-order chi connectivity index (χ0) is 19.2. The molecule has 3 aromatic rings. The zero-order valence-electron chi connectivity index (χ0n) is 15.8. The lowest BCUT2D eigenvalue weighted by Gasteiger charge is -2.26. The summed E-state index contributed by atoms with van der Waals surface area (Å²) < 4.78 is 5.88. The Hall–Kier alpha value is -3.14. The molecule has 28 heavy (non-hydrogen) atoms. The number of amides is 1. The van der Waals surface area contributed by atoms with Crippen molar-refractivity contribution in [2.24, 2.45) is 5.92 Å². The van der Waals surface area contributed by atoms with Crippen LogP contribution in [-0.4, -0.2) is 10.9 Å². The summed E-state index contributed by atoms with van der Waals surface area (Å²) in [6, 6.07) is 21.4. The number of pyridine rings is 1. The maximum absolute atomic E-state index is 13.2. The predicted octanol–water partition coefficient (Wildman–Crippen LogP) is 5.60. The minimum absolute atomic E-state index is 0.127. The van der Waals surface area contributed by atoms with E-state index in [-0.39, 0.29) is 11.8 Å². The first-order chi connectivity index (χ1) is 13.8. The lowest BCUT2D eigenvalue weighted by atomic mass is 10.1. The maximum atomic E-state index is 13.2. The number of hydrogen-bond donors (Lipinski definition) is 0. The van der Waals surface area contributed by atoms with Gasteiger partial charge in [-0.3, -0.25) is 9.78 Å². The fraction of sp³-hybridized carbons (Fsp3) is 0.250. The third-order valence-corrected chi connectivity index (χ3v) is 5.19. The number of aromatic nitrogens is 1. The second-order valence-corrected chi connectivity index (χ2v) is 7.17. The van der Waals surface area contributed by atoms with E-state index in [1.165, 1.54) is 0 Å². The van der Waals surface area contributed by atoms with Crippen molar-refractivity contribution in [1.82, 2.24) is 4.98 Å². The van der Waals surface area contributed by atoms with Crippen LogP contribution in [0.4, 0.5) is 5.69 Å². The number of carbonyl (C=O) groups is 1. The van der Waals surface area contributed by atoms with Crippen molar-refractivity contribution in [3.63, 3.8) is 0 Å². The Morgan fingerprint density at radius 1 is 0.893 bits per heavy atom. The fourth-order valence-electron chi connectivity index (χ4n) is 3.68. The highest BCUT2D eigenvalue weighted by molar-refractivity contribution is 5.95. The van der Waals surface area contributed by atoms with Crippen LogP contribution in [0.25, 0.3) is 0 Å². The highest BCUT2D eigenvalue weighted by atomic mass is 16.5. The Bertz CT molecular complexity index is 889. The standard InChI is InChI=1S/C24H24N2O2/c27-24(20-6-4-5-7-20)26(18-19-14-16-25-17-15-19)21-10-12-23(13-11-21)28-22-8-2-1-3-9-22/h1-3,8-17,20H,4-7,18H2. The zero-order valence-corrected chi connectivity index (χ0v) is 15.8. The molecular formula is C24H24N2O2. The van der Waals surface area contributed by atoms with Crippen molar-refractivity contribution in [3.8, 4) is 11.5 Å². The Kier molecular flexibility index (Phi) is 5.66. The third kappa shape index (κ3) is 4.39. The van der Waals surface area contributed by atoms with Crippen LogP contribution >= 0.6 is 0 Å². The first-order valence-electron chi connectivity index (χ1n) is 9.83. The Morgan fingerprint density at radius 2 is 1.54 bits per heavy atom. The number of rotatable bonds is 6. The smallest absolute Gasteiger partial charge is 0.230 e. The van der Waals surface area contributed by atoms with Gasteiger partial charge in [0.25, 0.3) is 0 Å². The monoisotopic (exact) mass is 372 g/mol. The van der Waals surface area contributed by atoms with E-state index in [1.807, 2.05) is 71.6 Å². The molecule has 1 aliphatic carbocycles. The van der Waals surface area contributed by atoms with Gasteiger partial charge in [0.15, 0.2) is 0 Å². The van der Waals surface area contributed by atoms with Crippen molar-refractivity contribution < 1.29 is 9.53 Å². The van der Waals surface area contributed by atoms with Gasteiger partial charge in [0, 0.05) is 24.0 Å². The molecule has 1 amide bonds. The molecule has 4 nitrogen and oxygen atoms in total. The fourth-order valence-corrected chi connectivity index (χ4v) is 3.68. The molecule has 0 radical (unpaired) electrons. The average molecular weight is 372 g/mol. The molecule has 0 saturated heterocycles. The van der Waals surface area contributed by atoms with Gasteiger partial charge < -0.3 is 9.64 Å². The molecule has 2 aromatic carbocycles. The van der Waals surface area contributed by atoms with Crippen molar-refractivity contribution in [1.29, 1.82) is 0 Å². The van der Waals surface area contributed by atoms with Gasteiger partial charge in [-0.05, 0) is 66.9 Å². The Labute approximate surface area is 165 Å². The molecular weight excluding hydrogens is 348 g/mol. The number of hydrogen-bond acceptors (Lipinski definition) is 3. The van der Waals surface area contributed by atoms with Crippen LogP contribution in [-0.2, 0) is 11.3 Å². The van der Waals surface area contributed by atoms with E-state index < -0.39 is 0 Å². The van der Waals surface area contributed by atoms with Gasteiger partial charge in [-0.25, -0.2) is 0 Å². The summed E-state index contributed by atoms with van der Waals surface area (Å²) in [6.45, 7) is 0.552. The normalized spacial score (nSPS) is 14.0. The van der Waals surface area contributed by atoms with Gasteiger partial charge in [-0.15, -0.1) is 0 Å². The van der Waals surface area contributed by atoms with Gasteiger partial charge in [0.1, 0.15) is 11.5 Å². The van der Waals surface area contributed by atoms with Crippen LogP contribution in [0.1, 0.15) is 31.2 Å². The van der Waals surface area contributed by atoms with Crippen LogP contribution < -0.4 is 9.64 Å². The van der Waals surface area contributed by atoms with E-state index in [0.29, 0.717) is 6.54 Å². The summed E-state index contributed by atoms with van der Waals surface area (Å²) in [6.07, 6.45) is 7.79. The summed E-state index contributed by atoms with van der Waals surface area (Å²) in [4.78, 5) is 19.2. The molecule has 0 unspecified atom stereocenters. The number of nitrogens with zero attached hydrogens (tertiary/aromatic N) is 2. The molecule has 4 heteroatoms. The summed E-state index contributed by atoms with van der Waals surface area (Å²) >= 11 is 0. The molecule has 0 bridgehead atoms. The highest BCUT2D eigenvalue weighted by Gasteiger charge is 2.28. The van der Waals surface area contributed by atoms with Gasteiger partial charge >= 0.3 is 0 Å². The summed E-state index contributed by atoms with van der Waals surface area (Å²) in [5.41, 5.74) is 1.97. The molecule has 0 spiro atoms. The second kappa shape index (κ2) is 8.70. The molecule has 0 aliphatic heterocycles. The van der Waals surface area contributed by atoms with E-state index in [4.69, 9.17) is 4.74 Å². The average Bonchev–Trinajstić information content (AvgIpc) is 3.29. The maximum Gasteiger partial charge on any atom is 0.230 e. The van der Waals surface area contributed by atoms with Gasteiger partial charge in [0.05, 0.1) is 6.54 Å². The first-order valence-corrected chi connectivity index (χ1v) is 9.83. The molecule has 4 rings (SSSR count). The summed E-state index contributed by atoms with van der Waals surface area (Å²) in [5, 5.41) is 0. The second-order valence-electron chi connectivity index (χ2n) is 7.17. The van der Waals surface area contributed by atoms with Gasteiger partial charge in [0.2, 0.25) is 5.91 Å². The lowest BCUT2D eigenvalue weighted by Crippen LogP contribution is -2.34. The van der Waals surface area contributed by atoms with E-state index in [2.05, 4.69) is 4.98 Å². The van der Waals surface area contributed by atoms with E-state index in [9.17, 15) is 4.79 Å². The Balaban J connectivity index is 1.55. The number of para-hydroxylation sites is 1. The quantitative estimate of drug-likeness (QED) is 0.566. The number of carbonyl (C=O) groups excluding carboxylic acids is 1. The van der Waals surface area contributed by atoms with Crippen molar-refractivity contribution in [3.05, 3.63) is 84.7 Å². The number of benzene rings is 2. The van der Waals surface area contributed by atoms with Crippen LogP contribution in [0.3, 0.4) is 0 Å². The van der Waals surface area contributed by atoms with Gasteiger partial charge in [-0.1, -0.05) is 31.0 Å². The van der Waals surface area contributed by atoms with Gasteiger partial charge in [-0.2, -0.15) is 0 Å². The lowest BCUT2D eigenvalue weighted by molar-refractivity contribution is -0.122. The number of anilines is 1. The van der Waals surface area contributed by atoms with Crippen molar-refractivity contribution in [2.45, 2.75) is 32.2 Å². The minimum atomic E-state index is 0.127. The molecule has 142 valence electrons. The SMILES string of the molecule is O=C(C1CCCC1)N(Cc1ccncc1)c1ccc(Oc2ccccc2)cc1. The predicted molar refractivity (Wildman–Crippen MR) is 110 cm³/mol. The third-order valence-electron chi connectivity index (χ3n) is 5.19.